The maximum absolute atomic E-state index is 13.5. The Morgan fingerprint density at radius 2 is 1.62 bits per heavy atom. The molecule has 0 aliphatic rings. The Morgan fingerprint density at radius 1 is 1.00 bits per heavy atom. The van der Waals surface area contributed by atoms with E-state index in [9.17, 15) is 13.2 Å². The molecule has 9 heteroatoms. The second-order valence-corrected chi connectivity index (χ2v) is 9.68. The van der Waals surface area contributed by atoms with Crippen molar-refractivity contribution in [2.24, 2.45) is 0 Å². The van der Waals surface area contributed by atoms with Gasteiger partial charge in [0.05, 0.1) is 4.90 Å². The highest BCUT2D eigenvalue weighted by Crippen LogP contribution is 2.27. The number of nitrogens with one attached hydrogen (secondary N) is 1. The zero-order valence-electron chi connectivity index (χ0n) is 17.5. The Bertz CT molecular complexity index is 1180. The topological polar surface area (TPSA) is 101 Å². The van der Waals surface area contributed by atoms with Crippen molar-refractivity contribution in [1.29, 1.82) is 0 Å². The number of rotatable bonds is 6. The number of benzene rings is 1. The van der Waals surface area contributed by atoms with Gasteiger partial charge >= 0.3 is 0 Å². The van der Waals surface area contributed by atoms with Gasteiger partial charge in [0.15, 0.2) is 11.2 Å². The smallest absolute Gasteiger partial charge is 0.281 e. The lowest BCUT2D eigenvalue weighted by Crippen LogP contribution is -2.42. The Morgan fingerprint density at radius 3 is 2.14 bits per heavy atom. The number of hydrogen-bond donors (Lipinski definition) is 1. The lowest BCUT2D eigenvalue weighted by Gasteiger charge is -2.30. The van der Waals surface area contributed by atoms with Crippen LogP contribution in [0.25, 0.3) is 11.2 Å². The molecule has 3 aromatic rings. The summed E-state index contributed by atoms with van der Waals surface area (Å²) in [5.41, 5.74) is 0.166. The molecule has 0 saturated carbocycles. The van der Waals surface area contributed by atoms with Gasteiger partial charge in [-0.1, -0.05) is 32.0 Å². The number of imidazole rings is 1. The van der Waals surface area contributed by atoms with Gasteiger partial charge in [0, 0.05) is 18.0 Å². The fourth-order valence-electron chi connectivity index (χ4n) is 3.19. The summed E-state index contributed by atoms with van der Waals surface area (Å²) in [7, 11) is -3.93. The Labute approximate surface area is 170 Å². The molecule has 3 rings (SSSR count). The molecule has 0 bridgehead atoms. The number of anilines is 1. The van der Waals surface area contributed by atoms with Crippen molar-refractivity contribution in [3.8, 4) is 0 Å². The number of H-pyrrole nitrogens is 1. The first kappa shape index (κ1) is 21.0. The molecule has 0 unspecified atom stereocenters. The lowest BCUT2D eigenvalue weighted by atomic mass is 10.2. The lowest BCUT2D eigenvalue weighted by molar-refractivity contribution is 0.550. The summed E-state index contributed by atoms with van der Waals surface area (Å²) in [4.78, 5) is 25.4. The predicted molar refractivity (Wildman–Crippen MR) is 114 cm³/mol. The molecule has 0 atom stereocenters. The maximum atomic E-state index is 13.5. The molecule has 1 aromatic carbocycles. The number of nitrogens with zero attached hydrogens (tertiary/aromatic N) is 4. The summed E-state index contributed by atoms with van der Waals surface area (Å²) < 4.78 is 29.5. The second-order valence-electron chi connectivity index (χ2n) is 7.86. The van der Waals surface area contributed by atoms with Gasteiger partial charge in [0.2, 0.25) is 5.95 Å². The van der Waals surface area contributed by atoms with Crippen LogP contribution in [0.1, 0.15) is 59.3 Å². The summed E-state index contributed by atoms with van der Waals surface area (Å²) in [6.07, 6.45) is 0. The normalized spacial score (nSPS) is 12.4. The Kier molecular flexibility index (Phi) is 5.53. The number of sulfonamides is 1. The van der Waals surface area contributed by atoms with Crippen LogP contribution in [0.2, 0.25) is 0 Å². The predicted octanol–water partition coefficient (Wildman–Crippen LogP) is 3.43. The maximum Gasteiger partial charge on any atom is 0.281 e. The van der Waals surface area contributed by atoms with Gasteiger partial charge < -0.3 is 4.98 Å². The average molecular weight is 418 g/mol. The minimum absolute atomic E-state index is 0.0677. The van der Waals surface area contributed by atoms with Gasteiger partial charge in [-0.25, -0.2) is 17.7 Å². The van der Waals surface area contributed by atoms with Gasteiger partial charge in [-0.2, -0.15) is 4.98 Å². The Balaban J connectivity index is 2.35. The van der Waals surface area contributed by atoms with Crippen LogP contribution in [-0.4, -0.2) is 34.0 Å². The van der Waals surface area contributed by atoms with Crippen LogP contribution in [0.4, 0.5) is 5.95 Å². The van der Waals surface area contributed by atoms with Gasteiger partial charge in [-0.3, -0.25) is 9.36 Å². The molecule has 1 N–H and O–H groups in total. The third-order valence-electron chi connectivity index (χ3n) is 4.59. The summed E-state index contributed by atoms with van der Waals surface area (Å²) in [6.45, 7) is 11.1. The van der Waals surface area contributed by atoms with Crippen LogP contribution < -0.4 is 9.86 Å². The van der Waals surface area contributed by atoms with E-state index < -0.39 is 16.1 Å². The number of aromatic nitrogens is 4. The van der Waals surface area contributed by atoms with Gasteiger partial charge in [-0.05, 0) is 39.8 Å². The molecule has 0 saturated heterocycles. The van der Waals surface area contributed by atoms with E-state index in [-0.39, 0.29) is 39.5 Å². The zero-order valence-corrected chi connectivity index (χ0v) is 18.4. The monoisotopic (exact) mass is 417 g/mol. The molecule has 0 aliphatic heterocycles. The standard InChI is InChI=1S/C20H27N5O3S/c1-12(2)17-21-16-18(22-17)23-20(24(13(3)4)19(16)26)25(14(5)6)29(27,28)15-10-8-7-9-11-15/h7-14H,1-6H3,(H,21,22). The van der Waals surface area contributed by atoms with Crippen LogP contribution in [-0.2, 0) is 10.0 Å². The summed E-state index contributed by atoms with van der Waals surface area (Å²) >= 11 is 0. The summed E-state index contributed by atoms with van der Waals surface area (Å²) in [6, 6.07) is 7.40. The average Bonchev–Trinajstić information content (AvgIpc) is 3.06. The molecule has 0 spiro atoms. The molecule has 0 aliphatic carbocycles. The third kappa shape index (κ3) is 3.66. The first-order chi connectivity index (χ1) is 13.6. The second kappa shape index (κ2) is 7.62. The van der Waals surface area contributed by atoms with Crippen LogP contribution in [0, 0.1) is 0 Å². The van der Waals surface area contributed by atoms with Crippen LogP contribution in [0.3, 0.4) is 0 Å². The molecule has 29 heavy (non-hydrogen) atoms. The molecular formula is C20H27N5O3S. The zero-order chi connectivity index (χ0) is 21.5. The van der Waals surface area contributed by atoms with Gasteiger partial charge in [0.1, 0.15) is 5.82 Å². The fourth-order valence-corrected chi connectivity index (χ4v) is 4.82. The van der Waals surface area contributed by atoms with E-state index in [1.54, 1.807) is 32.0 Å². The van der Waals surface area contributed by atoms with Crippen LogP contribution in [0.5, 0.6) is 0 Å². The van der Waals surface area contributed by atoms with Crippen molar-refractivity contribution in [3.05, 3.63) is 46.5 Å². The fraction of sp³-hybridized carbons (Fsp3) is 0.450. The van der Waals surface area contributed by atoms with E-state index in [0.717, 1.165) is 0 Å². The van der Waals surface area contributed by atoms with Crippen LogP contribution in [0.15, 0.2) is 40.0 Å². The van der Waals surface area contributed by atoms with Crippen molar-refractivity contribution >= 4 is 27.1 Å². The molecule has 0 amide bonds. The SMILES string of the molecule is CC(C)c1nc2nc(N(C(C)C)S(=O)(=O)c3ccccc3)n(C(C)C)c(=O)c2[nH]1. The van der Waals surface area contributed by atoms with E-state index in [1.807, 2.05) is 27.7 Å². The molecule has 2 aromatic heterocycles. The molecular weight excluding hydrogens is 390 g/mol. The highest BCUT2D eigenvalue weighted by molar-refractivity contribution is 7.92. The minimum atomic E-state index is -3.93. The first-order valence-corrected chi connectivity index (χ1v) is 11.1. The Hall–Kier alpha value is -2.68. The quantitative estimate of drug-likeness (QED) is 0.662. The highest BCUT2D eigenvalue weighted by atomic mass is 32.2. The molecule has 0 fully saturated rings. The van der Waals surface area contributed by atoms with Gasteiger partial charge in [0.25, 0.3) is 15.6 Å². The molecule has 0 radical (unpaired) electrons. The third-order valence-corrected chi connectivity index (χ3v) is 6.56. The van der Waals surface area contributed by atoms with E-state index in [2.05, 4.69) is 15.0 Å². The molecule has 2 heterocycles. The van der Waals surface area contributed by atoms with Crippen molar-refractivity contribution in [3.63, 3.8) is 0 Å². The minimum Gasteiger partial charge on any atom is -0.336 e. The van der Waals surface area contributed by atoms with Crippen molar-refractivity contribution in [2.75, 3.05) is 4.31 Å². The number of hydrogen-bond acceptors (Lipinski definition) is 5. The van der Waals surface area contributed by atoms with Crippen molar-refractivity contribution in [2.45, 2.75) is 64.4 Å². The van der Waals surface area contributed by atoms with E-state index in [1.165, 1.54) is 21.0 Å². The first-order valence-electron chi connectivity index (χ1n) is 9.67. The summed E-state index contributed by atoms with van der Waals surface area (Å²) in [5, 5.41) is 0. The van der Waals surface area contributed by atoms with Crippen molar-refractivity contribution < 1.29 is 8.42 Å². The van der Waals surface area contributed by atoms with E-state index in [0.29, 0.717) is 5.82 Å². The number of aromatic amines is 1. The largest absolute Gasteiger partial charge is 0.336 e. The number of fused-ring (bicyclic) bond motifs is 1. The highest BCUT2D eigenvalue weighted by Gasteiger charge is 2.32. The molecule has 156 valence electrons. The van der Waals surface area contributed by atoms with Crippen molar-refractivity contribution in [1.82, 2.24) is 19.5 Å². The molecule has 8 nitrogen and oxygen atoms in total. The van der Waals surface area contributed by atoms with Crippen LogP contribution >= 0.6 is 0 Å². The van der Waals surface area contributed by atoms with E-state index >= 15 is 0 Å². The summed E-state index contributed by atoms with van der Waals surface area (Å²) in [5.74, 6) is 0.783. The van der Waals surface area contributed by atoms with E-state index in [4.69, 9.17) is 0 Å². The van der Waals surface area contributed by atoms with Gasteiger partial charge in [-0.15, -0.1) is 0 Å².